The summed E-state index contributed by atoms with van der Waals surface area (Å²) in [7, 11) is 1.74. The van der Waals surface area contributed by atoms with Gasteiger partial charge in [-0.15, -0.1) is 11.3 Å². The van der Waals surface area contributed by atoms with Gasteiger partial charge in [-0.25, -0.2) is 14.8 Å². The highest BCUT2D eigenvalue weighted by Crippen LogP contribution is 2.58. The number of alkyl carbamates (subject to hydrolysis) is 1. The first-order chi connectivity index (χ1) is 24.0. The van der Waals surface area contributed by atoms with Crippen molar-refractivity contribution in [2.45, 2.75) is 115 Å². The molecular weight excluding hydrogens is 649 g/mol. The Kier molecular flexibility index (Phi) is 9.71. The van der Waals surface area contributed by atoms with E-state index in [0.717, 1.165) is 65.5 Å². The van der Waals surface area contributed by atoms with E-state index >= 15 is 0 Å². The number of thiazole rings is 1. The molecule has 5 aliphatic rings. The van der Waals surface area contributed by atoms with E-state index < -0.39 is 0 Å². The fourth-order valence-electron chi connectivity index (χ4n) is 8.54. The number of aromatic nitrogens is 2. The number of anilines is 1. The molecule has 3 aromatic rings. The van der Waals surface area contributed by atoms with Crippen LogP contribution in [-0.2, 0) is 25.1 Å². The zero-order chi connectivity index (χ0) is 35.1. The molecule has 1 aliphatic heterocycles. The molecular formula is C40H52N4O5S. The van der Waals surface area contributed by atoms with Gasteiger partial charge in [-0.2, -0.15) is 0 Å². The second-order valence-electron chi connectivity index (χ2n) is 16.3. The molecule has 3 heterocycles. The summed E-state index contributed by atoms with van der Waals surface area (Å²) in [6, 6.07) is 10.9. The molecule has 0 spiro atoms. The molecule has 2 bridgehead atoms. The van der Waals surface area contributed by atoms with Crippen molar-refractivity contribution in [1.82, 2.24) is 15.3 Å². The third kappa shape index (κ3) is 7.15. The molecule has 1 saturated heterocycles. The van der Waals surface area contributed by atoms with E-state index in [9.17, 15) is 9.59 Å². The highest BCUT2D eigenvalue weighted by atomic mass is 32.1. The van der Waals surface area contributed by atoms with Crippen molar-refractivity contribution < 1.29 is 23.8 Å². The van der Waals surface area contributed by atoms with Crippen LogP contribution in [-0.4, -0.2) is 61.0 Å². The van der Waals surface area contributed by atoms with Gasteiger partial charge >= 0.3 is 6.09 Å². The molecule has 268 valence electrons. The topological polar surface area (TPSA) is 103 Å². The maximum absolute atomic E-state index is 14.7. The van der Waals surface area contributed by atoms with Gasteiger partial charge in [0.2, 0.25) is 5.91 Å². The lowest BCUT2D eigenvalue weighted by Crippen LogP contribution is -2.52. The number of hydrogen-bond donors (Lipinski definition) is 1. The normalized spacial score (nSPS) is 26.6. The van der Waals surface area contributed by atoms with Crippen molar-refractivity contribution in [3.8, 4) is 16.2 Å². The lowest BCUT2D eigenvalue weighted by atomic mass is 9.51. The molecule has 9 nitrogen and oxygen atoms in total. The number of nitrogens with zero attached hydrogens (tertiary/aromatic N) is 3. The van der Waals surface area contributed by atoms with Gasteiger partial charge in [0.1, 0.15) is 17.7 Å². The Morgan fingerprint density at radius 3 is 2.32 bits per heavy atom. The Morgan fingerprint density at radius 2 is 1.72 bits per heavy atom. The second kappa shape index (κ2) is 13.9. The Morgan fingerprint density at radius 1 is 1.00 bits per heavy atom. The number of ether oxygens (including phenoxy) is 3. The lowest BCUT2D eigenvalue weighted by Gasteiger charge is -2.55. The molecule has 50 heavy (non-hydrogen) atoms. The maximum Gasteiger partial charge on any atom is 0.407 e. The summed E-state index contributed by atoms with van der Waals surface area (Å²) < 4.78 is 16.4. The van der Waals surface area contributed by atoms with Crippen LogP contribution in [0.25, 0.3) is 10.4 Å². The van der Waals surface area contributed by atoms with Gasteiger partial charge in [0.15, 0.2) is 0 Å². The van der Waals surface area contributed by atoms with Crippen LogP contribution in [0.1, 0.15) is 101 Å². The predicted molar refractivity (Wildman–Crippen MR) is 196 cm³/mol. The summed E-state index contributed by atoms with van der Waals surface area (Å²) >= 11 is 1.71. The number of amides is 2. The van der Waals surface area contributed by atoms with Crippen molar-refractivity contribution in [3.05, 3.63) is 58.9 Å². The first-order valence-electron chi connectivity index (χ1n) is 18.4. The number of benzene rings is 1. The van der Waals surface area contributed by atoms with Crippen LogP contribution in [0.5, 0.6) is 5.75 Å². The average Bonchev–Trinajstić information content (AvgIpc) is 3.62. The molecule has 4 saturated carbocycles. The van der Waals surface area contributed by atoms with Crippen molar-refractivity contribution in [1.29, 1.82) is 0 Å². The molecule has 10 heteroatoms. The van der Waals surface area contributed by atoms with E-state index in [2.05, 4.69) is 57.3 Å². The molecule has 2 aromatic heterocycles. The van der Waals surface area contributed by atoms with Crippen LogP contribution >= 0.6 is 11.3 Å². The monoisotopic (exact) mass is 700 g/mol. The minimum atomic E-state index is -0.386. The minimum Gasteiger partial charge on any atom is -0.496 e. The van der Waals surface area contributed by atoms with Crippen LogP contribution in [0.15, 0.2) is 42.7 Å². The van der Waals surface area contributed by atoms with Crippen molar-refractivity contribution in [2.24, 2.45) is 11.3 Å². The van der Waals surface area contributed by atoms with E-state index in [-0.39, 0.29) is 46.3 Å². The van der Waals surface area contributed by atoms with Gasteiger partial charge in [0.05, 0.1) is 36.3 Å². The zero-order valence-electron chi connectivity index (χ0n) is 30.3. The molecule has 0 unspecified atom stereocenters. The van der Waals surface area contributed by atoms with Crippen LogP contribution in [0.2, 0.25) is 0 Å². The van der Waals surface area contributed by atoms with Gasteiger partial charge in [-0.05, 0) is 117 Å². The van der Waals surface area contributed by atoms with E-state index in [4.69, 9.17) is 24.2 Å². The number of fused-ring (bicyclic) bond motifs is 3. The fourth-order valence-corrected chi connectivity index (χ4v) is 9.51. The summed E-state index contributed by atoms with van der Waals surface area (Å²) in [4.78, 5) is 39.8. The molecule has 1 aromatic carbocycles. The van der Waals surface area contributed by atoms with Crippen molar-refractivity contribution in [3.63, 3.8) is 0 Å². The molecule has 0 radical (unpaired) electrons. The number of methoxy groups -OCH3 is 1. The van der Waals surface area contributed by atoms with Crippen molar-refractivity contribution in [2.75, 3.05) is 31.8 Å². The van der Waals surface area contributed by atoms with Crippen LogP contribution in [0, 0.1) is 18.3 Å². The number of rotatable bonds is 9. The van der Waals surface area contributed by atoms with E-state index in [1.54, 1.807) is 18.4 Å². The lowest BCUT2D eigenvalue weighted by molar-refractivity contribution is -0.124. The predicted octanol–water partition coefficient (Wildman–Crippen LogP) is 8.13. The summed E-state index contributed by atoms with van der Waals surface area (Å²) in [5.74, 6) is 1.67. The average molecular weight is 701 g/mol. The third-order valence-corrected chi connectivity index (χ3v) is 13.4. The number of pyridine rings is 1. The van der Waals surface area contributed by atoms with E-state index in [1.807, 2.05) is 23.4 Å². The summed E-state index contributed by atoms with van der Waals surface area (Å²) in [6.07, 6.45) is 12.6. The largest absolute Gasteiger partial charge is 0.496 e. The molecule has 1 N–H and O–H groups in total. The smallest absolute Gasteiger partial charge is 0.407 e. The first-order valence-corrected chi connectivity index (χ1v) is 19.2. The Labute approximate surface area is 300 Å². The van der Waals surface area contributed by atoms with Gasteiger partial charge in [-0.1, -0.05) is 32.9 Å². The summed E-state index contributed by atoms with van der Waals surface area (Å²) in [5.41, 5.74) is 3.88. The Bertz CT molecular complexity index is 1680. The Balaban J connectivity index is 1.10. The molecule has 0 atom stereocenters. The maximum atomic E-state index is 14.7. The van der Waals surface area contributed by atoms with Gasteiger partial charge in [-0.3, -0.25) is 9.69 Å². The van der Waals surface area contributed by atoms with E-state index in [1.165, 1.54) is 11.1 Å². The summed E-state index contributed by atoms with van der Waals surface area (Å²) in [6.45, 7) is 10.4. The van der Waals surface area contributed by atoms with Crippen LogP contribution in [0.3, 0.4) is 0 Å². The second-order valence-corrected chi connectivity index (χ2v) is 17.4. The van der Waals surface area contributed by atoms with E-state index in [0.29, 0.717) is 45.4 Å². The number of hydrogen-bond acceptors (Lipinski definition) is 8. The molecule has 2 amide bonds. The summed E-state index contributed by atoms with van der Waals surface area (Å²) in [5, 5.41) is 3.96. The van der Waals surface area contributed by atoms with Gasteiger partial charge in [0, 0.05) is 30.3 Å². The van der Waals surface area contributed by atoms with Crippen molar-refractivity contribution >= 4 is 29.2 Å². The number of carbonyl (C=O) groups is 2. The van der Waals surface area contributed by atoms with Gasteiger partial charge < -0.3 is 19.5 Å². The highest BCUT2D eigenvalue weighted by molar-refractivity contribution is 7.15. The molecule has 8 rings (SSSR count). The molecule has 5 fully saturated rings. The quantitative estimate of drug-likeness (QED) is 0.241. The number of nitrogens with one attached hydrogen (secondary N) is 1. The SMILES string of the molecule is COc1ccc(C23CCC(CN(c4cc(-c5cnc(C(C)(C)C)s5)ccn4)C(=O)[C@H]4CC[C@H](OC(=O)NC5COC5)CC4)(CC2)CC3)cc1C. The highest BCUT2D eigenvalue weighted by Gasteiger charge is 2.51. The number of aryl methyl sites for hydroxylation is 1. The van der Waals surface area contributed by atoms with Crippen LogP contribution < -0.4 is 15.0 Å². The third-order valence-electron chi connectivity index (χ3n) is 11.9. The fraction of sp³-hybridized carbons (Fsp3) is 0.600. The molecule has 4 aliphatic carbocycles. The Hall–Kier alpha value is -3.50. The standard InChI is InChI=1S/C40H52N4O5S/c1-26-20-29(8-11-32(26)47-5)40-16-13-39(14-17-40,15-18-40)25-44(34-21-28(12-19-41-34)33-22-42-36(50-33)38(2,3)4)35(45)27-6-9-31(10-7-27)49-37(46)43-30-23-48-24-30/h8,11-12,19-22,27,30-31H,6-7,9-10,13-18,23-25H2,1-5H3,(H,43,46)/t27-,31-,39?,40?. The number of carbonyl (C=O) groups excluding carboxylic acids is 2. The minimum absolute atomic E-state index is 0.0313. The first kappa shape index (κ1) is 34.9. The van der Waals surface area contributed by atoms with Crippen LogP contribution in [0.4, 0.5) is 10.6 Å². The van der Waals surface area contributed by atoms with Gasteiger partial charge in [0.25, 0.3) is 0 Å². The zero-order valence-corrected chi connectivity index (χ0v) is 31.1.